The molecule has 0 bridgehead atoms. The minimum atomic E-state index is -3.37. The lowest BCUT2D eigenvalue weighted by molar-refractivity contribution is 0.249. The van der Waals surface area contributed by atoms with Gasteiger partial charge in [-0.15, -0.1) is 0 Å². The Morgan fingerprint density at radius 3 is 2.60 bits per heavy atom. The van der Waals surface area contributed by atoms with E-state index in [1.54, 1.807) is 17.4 Å². The first-order valence-corrected chi connectivity index (χ1v) is 8.69. The predicted octanol–water partition coefficient (Wildman–Crippen LogP) is 2.28. The molecule has 0 aliphatic heterocycles. The van der Waals surface area contributed by atoms with Gasteiger partial charge in [-0.05, 0) is 43.5 Å². The topological polar surface area (TPSA) is 49.4 Å². The first-order chi connectivity index (χ1) is 9.48. The molecule has 0 aromatic heterocycles. The molecule has 0 unspecified atom stereocenters. The van der Waals surface area contributed by atoms with Crippen molar-refractivity contribution >= 4 is 10.0 Å². The summed E-state index contributed by atoms with van der Waals surface area (Å²) in [6.45, 7) is 5.52. The minimum Gasteiger partial charge on any atom is -0.313 e. The maximum Gasteiger partial charge on any atom is 0.243 e. The van der Waals surface area contributed by atoms with Crippen molar-refractivity contribution in [2.24, 2.45) is 0 Å². The van der Waals surface area contributed by atoms with Crippen LogP contribution in [-0.2, 0) is 16.6 Å². The van der Waals surface area contributed by atoms with Crippen molar-refractivity contribution in [2.75, 3.05) is 13.6 Å². The van der Waals surface area contributed by atoms with Crippen LogP contribution in [0.4, 0.5) is 0 Å². The Morgan fingerprint density at radius 2 is 2.05 bits per heavy atom. The summed E-state index contributed by atoms with van der Waals surface area (Å²) in [5.41, 5.74) is 1.91. The van der Waals surface area contributed by atoms with E-state index in [4.69, 9.17) is 0 Å². The summed E-state index contributed by atoms with van der Waals surface area (Å²) in [7, 11) is -1.67. The summed E-state index contributed by atoms with van der Waals surface area (Å²) in [4.78, 5) is 0.447. The van der Waals surface area contributed by atoms with Crippen LogP contribution >= 0.6 is 0 Å². The fraction of sp³-hybridized carbons (Fsp3) is 0.600. The summed E-state index contributed by atoms with van der Waals surface area (Å²) >= 11 is 0. The zero-order valence-corrected chi connectivity index (χ0v) is 13.3. The Balaban J connectivity index is 2.31. The van der Waals surface area contributed by atoms with Gasteiger partial charge in [0.1, 0.15) is 0 Å². The van der Waals surface area contributed by atoms with Crippen molar-refractivity contribution in [3.63, 3.8) is 0 Å². The molecule has 4 nitrogen and oxygen atoms in total. The van der Waals surface area contributed by atoms with E-state index in [1.807, 2.05) is 26.0 Å². The Kier molecular flexibility index (Phi) is 4.83. The smallest absolute Gasteiger partial charge is 0.243 e. The van der Waals surface area contributed by atoms with E-state index in [0.29, 0.717) is 11.4 Å². The molecule has 0 spiro atoms. The van der Waals surface area contributed by atoms with Crippen LogP contribution in [0.2, 0.25) is 0 Å². The molecular weight excluding hydrogens is 272 g/mol. The van der Waals surface area contributed by atoms with E-state index in [1.165, 1.54) is 0 Å². The van der Waals surface area contributed by atoms with E-state index < -0.39 is 10.0 Å². The molecule has 1 fully saturated rings. The fourth-order valence-electron chi connectivity index (χ4n) is 2.49. The maximum absolute atomic E-state index is 12.7. The molecule has 1 aromatic rings. The summed E-state index contributed by atoms with van der Waals surface area (Å²) in [5, 5.41) is 3.25. The monoisotopic (exact) mass is 296 g/mol. The molecule has 0 saturated heterocycles. The van der Waals surface area contributed by atoms with Gasteiger partial charge in [-0.25, -0.2) is 8.42 Å². The van der Waals surface area contributed by atoms with Gasteiger partial charge in [-0.3, -0.25) is 0 Å². The molecular formula is C15H24N2O2S. The molecule has 1 aromatic carbocycles. The molecule has 0 heterocycles. The van der Waals surface area contributed by atoms with Gasteiger partial charge in [0.2, 0.25) is 10.0 Å². The average molecular weight is 296 g/mol. The average Bonchev–Trinajstić information content (AvgIpc) is 2.35. The lowest BCUT2D eigenvalue weighted by Gasteiger charge is -2.34. The van der Waals surface area contributed by atoms with Gasteiger partial charge in [-0.2, -0.15) is 4.31 Å². The Hall–Kier alpha value is -0.910. The first kappa shape index (κ1) is 15.5. The quantitative estimate of drug-likeness (QED) is 0.876. The molecule has 20 heavy (non-hydrogen) atoms. The van der Waals surface area contributed by atoms with E-state index in [-0.39, 0.29) is 6.04 Å². The number of benzene rings is 1. The number of nitrogens with one attached hydrogen (secondary N) is 1. The summed E-state index contributed by atoms with van der Waals surface area (Å²) < 4.78 is 27.0. The number of hydrogen-bond acceptors (Lipinski definition) is 3. The highest BCUT2D eigenvalue weighted by Crippen LogP contribution is 2.30. The second-order valence-electron chi connectivity index (χ2n) is 5.43. The largest absolute Gasteiger partial charge is 0.313 e. The van der Waals surface area contributed by atoms with Crippen molar-refractivity contribution in [1.29, 1.82) is 0 Å². The standard InChI is InChI=1S/C15H24N2O2S/c1-4-16-11-13-7-5-10-15(12(13)2)20(18,19)17(3)14-8-6-9-14/h5,7,10,14,16H,4,6,8-9,11H2,1-3H3. The van der Waals surface area contributed by atoms with Crippen molar-refractivity contribution in [2.45, 2.75) is 50.6 Å². The number of sulfonamides is 1. The van der Waals surface area contributed by atoms with Gasteiger partial charge in [0, 0.05) is 19.6 Å². The van der Waals surface area contributed by atoms with Gasteiger partial charge in [0.05, 0.1) is 4.90 Å². The predicted molar refractivity (Wildman–Crippen MR) is 81.1 cm³/mol. The van der Waals surface area contributed by atoms with Crippen molar-refractivity contribution in [3.05, 3.63) is 29.3 Å². The third kappa shape index (κ3) is 2.90. The van der Waals surface area contributed by atoms with Crippen molar-refractivity contribution in [3.8, 4) is 0 Å². The molecule has 112 valence electrons. The van der Waals surface area contributed by atoms with Gasteiger partial charge in [0.25, 0.3) is 0 Å². The summed E-state index contributed by atoms with van der Waals surface area (Å²) in [5.74, 6) is 0. The second-order valence-corrected chi connectivity index (χ2v) is 7.39. The second kappa shape index (κ2) is 6.24. The zero-order valence-electron chi connectivity index (χ0n) is 12.5. The first-order valence-electron chi connectivity index (χ1n) is 7.25. The van der Waals surface area contributed by atoms with E-state index >= 15 is 0 Å². The molecule has 2 rings (SSSR count). The highest BCUT2D eigenvalue weighted by molar-refractivity contribution is 7.89. The number of hydrogen-bond donors (Lipinski definition) is 1. The van der Waals surface area contributed by atoms with Gasteiger partial charge >= 0.3 is 0 Å². The van der Waals surface area contributed by atoms with E-state index in [2.05, 4.69) is 5.32 Å². The van der Waals surface area contributed by atoms with Crippen LogP contribution in [0.1, 0.15) is 37.3 Å². The SMILES string of the molecule is CCNCc1cccc(S(=O)(=O)N(C)C2CCC2)c1C. The summed E-state index contributed by atoms with van der Waals surface area (Å²) in [6.07, 6.45) is 3.09. The summed E-state index contributed by atoms with van der Waals surface area (Å²) in [6, 6.07) is 5.72. The van der Waals surface area contributed by atoms with E-state index in [0.717, 1.165) is 36.9 Å². The van der Waals surface area contributed by atoms with Crippen LogP contribution < -0.4 is 5.32 Å². The van der Waals surface area contributed by atoms with Crippen LogP contribution in [0.3, 0.4) is 0 Å². The molecule has 0 radical (unpaired) electrons. The molecule has 1 N–H and O–H groups in total. The van der Waals surface area contributed by atoms with Crippen LogP contribution in [0.25, 0.3) is 0 Å². The highest BCUT2D eigenvalue weighted by Gasteiger charge is 2.32. The Bertz CT molecular complexity index is 565. The highest BCUT2D eigenvalue weighted by atomic mass is 32.2. The molecule has 5 heteroatoms. The van der Waals surface area contributed by atoms with E-state index in [9.17, 15) is 8.42 Å². The molecule has 1 aliphatic rings. The lowest BCUT2D eigenvalue weighted by atomic mass is 9.94. The Morgan fingerprint density at radius 1 is 1.35 bits per heavy atom. The van der Waals surface area contributed by atoms with Crippen LogP contribution in [0, 0.1) is 6.92 Å². The lowest BCUT2D eigenvalue weighted by Crippen LogP contribution is -2.41. The van der Waals surface area contributed by atoms with Crippen LogP contribution in [0.5, 0.6) is 0 Å². The zero-order chi connectivity index (χ0) is 14.8. The van der Waals surface area contributed by atoms with Crippen LogP contribution in [0.15, 0.2) is 23.1 Å². The maximum atomic E-state index is 12.7. The number of rotatable bonds is 6. The molecule has 1 aliphatic carbocycles. The third-order valence-electron chi connectivity index (χ3n) is 4.21. The van der Waals surface area contributed by atoms with Gasteiger partial charge < -0.3 is 5.32 Å². The minimum absolute atomic E-state index is 0.178. The number of nitrogens with zero attached hydrogens (tertiary/aromatic N) is 1. The fourth-order valence-corrected chi connectivity index (χ4v) is 4.17. The molecule has 0 atom stereocenters. The van der Waals surface area contributed by atoms with Gasteiger partial charge in [-0.1, -0.05) is 25.5 Å². The van der Waals surface area contributed by atoms with Crippen molar-refractivity contribution < 1.29 is 8.42 Å². The Labute approximate surface area is 122 Å². The van der Waals surface area contributed by atoms with Crippen molar-refractivity contribution in [1.82, 2.24) is 9.62 Å². The molecule has 0 amide bonds. The third-order valence-corrected chi connectivity index (χ3v) is 6.26. The molecule has 1 saturated carbocycles. The normalized spacial score (nSPS) is 16.4. The van der Waals surface area contributed by atoms with Crippen LogP contribution in [-0.4, -0.2) is 32.4 Å². The van der Waals surface area contributed by atoms with Gasteiger partial charge in [0.15, 0.2) is 0 Å².